The van der Waals surface area contributed by atoms with Crippen molar-refractivity contribution in [2.75, 3.05) is 13.2 Å². The SMILES string of the molecule is CC(=O)O[C@@H]1CC2C(CC=C3C[C@@H](OS(=O)(=O)c4ccc(C)cc4)CC[C@@]32C)C2=CCC(C(C)(C)OCCO)[C@]21C. The van der Waals surface area contributed by atoms with Crippen LogP contribution in [0.25, 0.3) is 0 Å². The van der Waals surface area contributed by atoms with Crippen molar-refractivity contribution in [2.45, 2.75) is 103 Å². The zero-order valence-corrected chi connectivity index (χ0v) is 26.1. The van der Waals surface area contributed by atoms with E-state index >= 15 is 0 Å². The zero-order chi connectivity index (χ0) is 29.8. The van der Waals surface area contributed by atoms with Crippen molar-refractivity contribution >= 4 is 16.1 Å². The van der Waals surface area contributed by atoms with Gasteiger partial charge in [0.15, 0.2) is 0 Å². The normalized spacial score (nSPS) is 35.0. The summed E-state index contributed by atoms with van der Waals surface area (Å²) < 4.78 is 44.2. The molecule has 0 radical (unpaired) electrons. The van der Waals surface area contributed by atoms with Crippen molar-refractivity contribution in [1.29, 1.82) is 0 Å². The number of hydrogen-bond acceptors (Lipinski definition) is 7. The van der Waals surface area contributed by atoms with Gasteiger partial charge in [-0.15, -0.1) is 0 Å². The van der Waals surface area contributed by atoms with Crippen molar-refractivity contribution in [3.8, 4) is 0 Å². The van der Waals surface area contributed by atoms with E-state index in [-0.39, 0.29) is 52.8 Å². The van der Waals surface area contributed by atoms with Gasteiger partial charge in [-0.05, 0) is 88.7 Å². The molecule has 0 saturated heterocycles. The predicted octanol–water partition coefficient (Wildman–Crippen LogP) is 5.90. The average molecular weight is 587 g/mol. The molecule has 0 amide bonds. The number of benzene rings is 1. The number of aryl methyl sites for hydroxylation is 1. The second kappa shape index (κ2) is 10.9. The first-order chi connectivity index (χ1) is 19.2. The maximum absolute atomic E-state index is 13.0. The molecule has 4 aliphatic rings. The molecule has 0 aliphatic heterocycles. The maximum atomic E-state index is 13.0. The first-order valence-electron chi connectivity index (χ1n) is 15.0. The van der Waals surface area contributed by atoms with Crippen LogP contribution in [0.5, 0.6) is 0 Å². The molecule has 5 rings (SSSR count). The van der Waals surface area contributed by atoms with E-state index in [2.05, 4.69) is 39.8 Å². The fourth-order valence-electron chi connectivity index (χ4n) is 8.74. The molecule has 7 nitrogen and oxygen atoms in total. The third-order valence-corrected chi connectivity index (χ3v) is 12.2. The minimum Gasteiger partial charge on any atom is -0.462 e. The highest BCUT2D eigenvalue weighted by molar-refractivity contribution is 7.86. The van der Waals surface area contributed by atoms with Gasteiger partial charge in [0.25, 0.3) is 10.1 Å². The summed E-state index contributed by atoms with van der Waals surface area (Å²) >= 11 is 0. The van der Waals surface area contributed by atoms with E-state index in [0.717, 1.165) is 31.2 Å². The Kier molecular flexibility index (Phi) is 8.12. The quantitative estimate of drug-likeness (QED) is 0.230. The molecular formula is C33H46O7S. The molecule has 1 aromatic carbocycles. The van der Waals surface area contributed by atoms with Crippen molar-refractivity contribution in [2.24, 2.45) is 28.6 Å². The van der Waals surface area contributed by atoms with Gasteiger partial charge in [-0.2, -0.15) is 8.42 Å². The molecule has 4 aliphatic carbocycles. The van der Waals surface area contributed by atoms with Crippen LogP contribution in [-0.2, 0) is 28.6 Å². The van der Waals surface area contributed by atoms with Crippen LogP contribution >= 0.6 is 0 Å². The standard InChI is InChI=1S/C33H46O7S/c1-21-7-10-25(11-8-21)41(36,37)40-24-15-16-32(5)23(19-24)9-12-26-27-13-14-29(31(3,4)38-18-17-34)33(27,6)30(20-28(26)32)39-22(2)35/h7-11,13,24,26,28-30,34H,12,14-20H2,1-6H3/t24-,26?,28?,29?,30+,32-,33-/m0/s1. The van der Waals surface area contributed by atoms with E-state index in [0.29, 0.717) is 18.8 Å². The lowest BCUT2D eigenvalue weighted by molar-refractivity contribution is -0.173. The Morgan fingerprint density at radius 3 is 2.49 bits per heavy atom. The van der Waals surface area contributed by atoms with Crippen molar-refractivity contribution < 1.29 is 32.0 Å². The lowest BCUT2D eigenvalue weighted by Crippen LogP contribution is -2.57. The van der Waals surface area contributed by atoms with E-state index in [1.54, 1.807) is 24.3 Å². The van der Waals surface area contributed by atoms with Crippen LogP contribution in [0.4, 0.5) is 0 Å². The highest BCUT2D eigenvalue weighted by atomic mass is 32.2. The molecule has 0 heterocycles. The topological polar surface area (TPSA) is 99.1 Å². The molecular weight excluding hydrogens is 540 g/mol. The van der Waals surface area contributed by atoms with Crippen LogP contribution < -0.4 is 0 Å². The molecule has 3 unspecified atom stereocenters. The van der Waals surface area contributed by atoms with Crippen LogP contribution in [0.1, 0.15) is 78.7 Å². The van der Waals surface area contributed by atoms with Crippen molar-refractivity contribution in [3.63, 3.8) is 0 Å². The predicted molar refractivity (Wildman–Crippen MR) is 156 cm³/mol. The summed E-state index contributed by atoms with van der Waals surface area (Å²) in [6.07, 6.45) is 8.56. The van der Waals surface area contributed by atoms with E-state index in [4.69, 9.17) is 13.7 Å². The lowest BCUT2D eigenvalue weighted by atomic mass is 9.47. The molecule has 0 spiro atoms. The average Bonchev–Trinajstić information content (AvgIpc) is 3.27. The van der Waals surface area contributed by atoms with Crippen LogP contribution in [0.2, 0.25) is 0 Å². The molecule has 2 saturated carbocycles. The highest BCUT2D eigenvalue weighted by Gasteiger charge is 2.63. The number of allylic oxidation sites excluding steroid dienone is 2. The number of hydrogen-bond donors (Lipinski definition) is 1. The molecule has 1 N–H and O–H groups in total. The Balaban J connectivity index is 1.41. The molecule has 41 heavy (non-hydrogen) atoms. The van der Waals surface area contributed by atoms with Crippen LogP contribution in [0.3, 0.4) is 0 Å². The zero-order valence-electron chi connectivity index (χ0n) is 25.3. The van der Waals surface area contributed by atoms with Gasteiger partial charge in [-0.1, -0.05) is 54.8 Å². The minimum absolute atomic E-state index is 0.0336. The third-order valence-electron chi connectivity index (χ3n) is 10.8. The molecule has 7 atom stereocenters. The number of aliphatic hydroxyl groups excluding tert-OH is 1. The number of carbonyl (C=O) groups excluding carboxylic acids is 1. The van der Waals surface area contributed by atoms with Gasteiger partial charge in [0, 0.05) is 18.3 Å². The summed E-state index contributed by atoms with van der Waals surface area (Å²) in [6.45, 7) is 12.4. The number of rotatable bonds is 8. The van der Waals surface area contributed by atoms with Crippen molar-refractivity contribution in [3.05, 3.63) is 53.1 Å². The molecule has 0 aromatic heterocycles. The van der Waals surface area contributed by atoms with Gasteiger partial charge in [0.2, 0.25) is 0 Å². The number of fused-ring (bicyclic) bond motifs is 5. The highest BCUT2D eigenvalue weighted by Crippen LogP contribution is 2.66. The van der Waals surface area contributed by atoms with Gasteiger partial charge < -0.3 is 14.6 Å². The van der Waals surface area contributed by atoms with E-state index in [1.807, 2.05) is 6.92 Å². The van der Waals surface area contributed by atoms with Gasteiger partial charge in [-0.25, -0.2) is 0 Å². The first-order valence-corrected chi connectivity index (χ1v) is 16.4. The Morgan fingerprint density at radius 1 is 1.12 bits per heavy atom. The van der Waals surface area contributed by atoms with Crippen LogP contribution in [-0.4, -0.2) is 50.5 Å². The number of ether oxygens (including phenoxy) is 2. The number of esters is 1. The van der Waals surface area contributed by atoms with E-state index in [9.17, 15) is 18.3 Å². The first kappa shape index (κ1) is 30.5. The summed E-state index contributed by atoms with van der Waals surface area (Å²) in [5.74, 6) is 0.439. The second-order valence-corrected chi connectivity index (χ2v) is 15.1. The smallest absolute Gasteiger partial charge is 0.302 e. The largest absolute Gasteiger partial charge is 0.462 e. The summed E-state index contributed by atoms with van der Waals surface area (Å²) in [4.78, 5) is 12.6. The lowest BCUT2D eigenvalue weighted by Gasteiger charge is -2.59. The van der Waals surface area contributed by atoms with Gasteiger partial charge in [0.05, 0.1) is 29.8 Å². The molecule has 1 aromatic rings. The maximum Gasteiger partial charge on any atom is 0.302 e. The van der Waals surface area contributed by atoms with Gasteiger partial charge in [-0.3, -0.25) is 8.98 Å². The summed E-state index contributed by atoms with van der Waals surface area (Å²) in [5.41, 5.74) is 2.63. The van der Waals surface area contributed by atoms with Crippen molar-refractivity contribution in [1.82, 2.24) is 0 Å². The molecule has 8 heteroatoms. The summed E-state index contributed by atoms with van der Waals surface area (Å²) in [5, 5.41) is 9.43. The minimum atomic E-state index is -3.85. The number of carbonyl (C=O) groups is 1. The fraction of sp³-hybridized carbons (Fsp3) is 0.667. The monoisotopic (exact) mass is 586 g/mol. The third kappa shape index (κ3) is 5.34. The summed E-state index contributed by atoms with van der Waals surface area (Å²) in [7, 11) is -3.85. The second-order valence-electron chi connectivity index (χ2n) is 13.6. The Labute approximate surface area is 245 Å². The van der Waals surface area contributed by atoms with E-state index < -0.39 is 21.8 Å². The van der Waals surface area contributed by atoms with Crippen LogP contribution in [0.15, 0.2) is 52.5 Å². The van der Waals surface area contributed by atoms with E-state index in [1.165, 1.54) is 18.1 Å². The fourth-order valence-corrected chi connectivity index (χ4v) is 9.85. The Bertz CT molecular complexity index is 1330. The van der Waals surface area contributed by atoms with Gasteiger partial charge in [0.1, 0.15) is 6.10 Å². The Hall–Kier alpha value is -2.00. The molecule has 226 valence electrons. The molecule has 2 fully saturated rings. The van der Waals surface area contributed by atoms with Crippen LogP contribution in [0, 0.1) is 35.5 Å². The summed E-state index contributed by atoms with van der Waals surface area (Å²) in [6, 6.07) is 6.79. The van der Waals surface area contributed by atoms with Gasteiger partial charge >= 0.3 is 5.97 Å². The molecule has 0 bridgehead atoms. The Morgan fingerprint density at radius 2 is 1.83 bits per heavy atom. The number of aliphatic hydroxyl groups is 1.